The van der Waals surface area contributed by atoms with Crippen molar-refractivity contribution in [1.29, 1.82) is 0 Å². The van der Waals surface area contributed by atoms with Crippen LogP contribution in [-0.2, 0) is 5.41 Å². The van der Waals surface area contributed by atoms with Crippen LogP contribution in [0.15, 0.2) is 45.9 Å². The Bertz CT molecular complexity index is 723. The molecule has 2 aromatic rings. The van der Waals surface area contributed by atoms with Crippen LogP contribution in [0.3, 0.4) is 0 Å². The minimum atomic E-state index is 0.244. The van der Waals surface area contributed by atoms with Crippen molar-refractivity contribution in [1.82, 2.24) is 4.98 Å². The van der Waals surface area contributed by atoms with Gasteiger partial charge in [0, 0.05) is 21.1 Å². The fourth-order valence-electron chi connectivity index (χ4n) is 2.40. The Morgan fingerprint density at radius 1 is 1.19 bits per heavy atom. The zero-order valence-corrected chi connectivity index (χ0v) is 14.5. The van der Waals surface area contributed by atoms with Crippen LogP contribution < -0.4 is 0 Å². The predicted molar refractivity (Wildman–Crippen MR) is 92.7 cm³/mol. The average molecular weight is 358 g/mol. The number of aromatic nitrogens is 1. The van der Waals surface area contributed by atoms with Crippen LogP contribution in [0.4, 0.5) is 0 Å². The summed E-state index contributed by atoms with van der Waals surface area (Å²) in [7, 11) is 0. The summed E-state index contributed by atoms with van der Waals surface area (Å²) >= 11 is 5.33. The first-order valence-corrected chi connectivity index (χ1v) is 8.73. The van der Waals surface area contributed by atoms with Crippen LogP contribution in [0.1, 0.15) is 37.1 Å². The van der Waals surface area contributed by atoms with Crippen LogP contribution >= 0.6 is 27.7 Å². The lowest BCUT2D eigenvalue weighted by atomic mass is 9.81. The fourth-order valence-corrected chi connectivity index (χ4v) is 4.12. The summed E-state index contributed by atoms with van der Waals surface area (Å²) in [6, 6.07) is 10.4. The number of halogens is 1. The van der Waals surface area contributed by atoms with Gasteiger partial charge < -0.3 is 0 Å². The molecule has 1 aliphatic rings. The number of benzene rings is 1. The van der Waals surface area contributed by atoms with Crippen LogP contribution in [0.2, 0.25) is 0 Å². The number of thioether (sulfide) groups is 1. The molecule has 0 atom stereocenters. The van der Waals surface area contributed by atoms with Gasteiger partial charge in [-0.15, -0.1) is 11.8 Å². The second-order valence-electron chi connectivity index (χ2n) is 5.80. The highest BCUT2D eigenvalue weighted by Crippen LogP contribution is 2.41. The third-order valence-corrected chi connectivity index (χ3v) is 5.30. The third kappa shape index (κ3) is 3.33. The van der Waals surface area contributed by atoms with Crippen molar-refractivity contribution in [2.24, 2.45) is 0 Å². The molecule has 0 unspecified atom stereocenters. The molecule has 3 heteroatoms. The lowest BCUT2D eigenvalue weighted by molar-refractivity contribution is 0.494. The van der Waals surface area contributed by atoms with Gasteiger partial charge in [0.2, 0.25) is 0 Å². The predicted octanol–water partition coefficient (Wildman–Crippen LogP) is 5.02. The lowest BCUT2D eigenvalue weighted by Gasteiger charge is -2.32. The molecule has 2 heterocycles. The summed E-state index contributed by atoms with van der Waals surface area (Å²) in [6.07, 6.45) is 2.99. The Balaban J connectivity index is 1.93. The Hall–Kier alpha value is -1.24. The third-order valence-electron chi connectivity index (χ3n) is 3.76. The van der Waals surface area contributed by atoms with E-state index in [0.717, 1.165) is 15.7 Å². The van der Waals surface area contributed by atoms with Crippen molar-refractivity contribution in [3.05, 3.63) is 57.8 Å². The highest BCUT2D eigenvalue weighted by atomic mass is 79.9. The number of hydrogen-bond donors (Lipinski definition) is 0. The first-order chi connectivity index (χ1) is 10.0. The molecule has 0 bridgehead atoms. The van der Waals surface area contributed by atoms with Crippen molar-refractivity contribution >= 4 is 27.7 Å². The Morgan fingerprint density at radius 2 is 2.05 bits per heavy atom. The smallest absolute Gasteiger partial charge is 0.113 e. The zero-order valence-electron chi connectivity index (χ0n) is 12.1. The average Bonchev–Trinajstić information content (AvgIpc) is 2.47. The Morgan fingerprint density at radius 3 is 2.81 bits per heavy atom. The summed E-state index contributed by atoms with van der Waals surface area (Å²) in [5.41, 5.74) is 3.53. The van der Waals surface area contributed by atoms with Gasteiger partial charge >= 0.3 is 0 Å². The van der Waals surface area contributed by atoms with Gasteiger partial charge in [-0.25, -0.2) is 4.98 Å². The zero-order chi connectivity index (χ0) is 14.9. The Labute approximate surface area is 138 Å². The fraction of sp³-hybridized carbons (Fsp3) is 0.278. The number of rotatable bonds is 0. The number of hydrogen-bond acceptors (Lipinski definition) is 2. The Kier molecular flexibility index (Phi) is 4.10. The lowest BCUT2D eigenvalue weighted by Crippen LogP contribution is -2.22. The van der Waals surface area contributed by atoms with Gasteiger partial charge in [-0.3, -0.25) is 0 Å². The molecule has 0 N–H and O–H groups in total. The first-order valence-electron chi connectivity index (χ1n) is 6.95. The molecular weight excluding hydrogens is 342 g/mol. The monoisotopic (exact) mass is 357 g/mol. The quantitative estimate of drug-likeness (QED) is 0.614. The van der Waals surface area contributed by atoms with Crippen molar-refractivity contribution in [2.45, 2.75) is 30.6 Å². The minimum absolute atomic E-state index is 0.244. The summed E-state index contributed by atoms with van der Waals surface area (Å²) in [6.45, 7) is 4.64. The topological polar surface area (TPSA) is 12.9 Å². The van der Waals surface area contributed by atoms with E-state index in [0.29, 0.717) is 0 Å². The molecule has 1 aromatic heterocycles. The molecule has 3 rings (SSSR count). The SMILES string of the molecule is CC1(C)CCSc2ccc(C#Cc3ccc(Br)cn3)cc21. The van der Waals surface area contributed by atoms with E-state index in [2.05, 4.69) is 64.8 Å². The van der Waals surface area contributed by atoms with Gasteiger partial charge in [0.25, 0.3) is 0 Å². The molecule has 1 aromatic carbocycles. The molecule has 0 radical (unpaired) electrons. The van der Waals surface area contributed by atoms with E-state index in [1.807, 2.05) is 23.9 Å². The van der Waals surface area contributed by atoms with Crippen molar-refractivity contribution < 1.29 is 0 Å². The molecule has 106 valence electrons. The highest BCUT2D eigenvalue weighted by Gasteiger charge is 2.27. The van der Waals surface area contributed by atoms with Gasteiger partial charge in [-0.2, -0.15) is 0 Å². The van der Waals surface area contributed by atoms with Crippen molar-refractivity contribution in [3.8, 4) is 11.8 Å². The summed E-state index contributed by atoms with van der Waals surface area (Å²) in [5.74, 6) is 7.57. The number of nitrogens with zero attached hydrogens (tertiary/aromatic N) is 1. The summed E-state index contributed by atoms with van der Waals surface area (Å²) in [5, 5.41) is 0. The van der Waals surface area contributed by atoms with Gasteiger partial charge in [0.15, 0.2) is 0 Å². The van der Waals surface area contributed by atoms with E-state index in [9.17, 15) is 0 Å². The first kappa shape index (κ1) is 14.7. The van der Waals surface area contributed by atoms with E-state index >= 15 is 0 Å². The van der Waals surface area contributed by atoms with Crippen LogP contribution in [-0.4, -0.2) is 10.7 Å². The van der Waals surface area contributed by atoms with Gasteiger partial charge in [0.1, 0.15) is 5.69 Å². The van der Waals surface area contributed by atoms with Gasteiger partial charge in [-0.1, -0.05) is 19.8 Å². The standard InChI is InChI=1S/C18H16BrNS/c1-18(2)9-10-21-17-8-4-13(11-16(17)18)3-6-15-7-5-14(19)12-20-15/h4-5,7-8,11-12H,9-10H2,1-2H3. The molecular formula is C18H16BrNS. The van der Waals surface area contributed by atoms with E-state index < -0.39 is 0 Å². The maximum Gasteiger partial charge on any atom is 0.113 e. The molecule has 0 saturated heterocycles. The molecule has 1 nitrogen and oxygen atoms in total. The van der Waals surface area contributed by atoms with E-state index in [-0.39, 0.29) is 5.41 Å². The molecule has 0 amide bonds. The molecule has 0 saturated carbocycles. The molecule has 1 aliphatic heterocycles. The van der Waals surface area contributed by atoms with Gasteiger partial charge in [0.05, 0.1) is 0 Å². The van der Waals surface area contributed by atoms with E-state index in [4.69, 9.17) is 0 Å². The number of fused-ring (bicyclic) bond motifs is 1. The summed E-state index contributed by atoms with van der Waals surface area (Å²) in [4.78, 5) is 5.69. The molecule has 21 heavy (non-hydrogen) atoms. The molecule has 0 fully saturated rings. The second-order valence-corrected chi connectivity index (χ2v) is 7.86. The van der Waals surface area contributed by atoms with Crippen molar-refractivity contribution in [2.75, 3.05) is 5.75 Å². The largest absolute Gasteiger partial charge is 0.247 e. The van der Waals surface area contributed by atoms with Crippen LogP contribution in [0.5, 0.6) is 0 Å². The normalized spacial score (nSPS) is 15.8. The van der Waals surface area contributed by atoms with Crippen LogP contribution in [0, 0.1) is 11.8 Å². The maximum absolute atomic E-state index is 4.28. The van der Waals surface area contributed by atoms with Crippen molar-refractivity contribution in [3.63, 3.8) is 0 Å². The maximum atomic E-state index is 4.28. The van der Waals surface area contributed by atoms with E-state index in [1.165, 1.54) is 22.6 Å². The van der Waals surface area contributed by atoms with E-state index in [1.54, 1.807) is 6.20 Å². The summed E-state index contributed by atoms with van der Waals surface area (Å²) < 4.78 is 0.973. The molecule has 0 aliphatic carbocycles. The van der Waals surface area contributed by atoms with Gasteiger partial charge in [-0.05, 0) is 75.3 Å². The van der Waals surface area contributed by atoms with Crippen LogP contribution in [0.25, 0.3) is 0 Å². The second kappa shape index (κ2) is 5.87. The minimum Gasteiger partial charge on any atom is -0.247 e. The highest BCUT2D eigenvalue weighted by molar-refractivity contribution is 9.10. The number of pyridine rings is 1. The molecule has 0 spiro atoms.